The molecule has 1 atom stereocenters. The van der Waals surface area contributed by atoms with Crippen LogP contribution in [0.5, 0.6) is 0 Å². The van der Waals surface area contributed by atoms with E-state index >= 15 is 0 Å². The van der Waals surface area contributed by atoms with E-state index in [1.54, 1.807) is 0 Å². The van der Waals surface area contributed by atoms with Gasteiger partial charge in [0.1, 0.15) is 0 Å². The van der Waals surface area contributed by atoms with Crippen molar-refractivity contribution in [3.05, 3.63) is 0 Å². The first-order valence-electron chi connectivity index (χ1n) is 6.35. The van der Waals surface area contributed by atoms with Crippen LogP contribution < -0.4 is 5.32 Å². The summed E-state index contributed by atoms with van der Waals surface area (Å²) in [5.74, 6) is 0. The molecule has 0 heterocycles. The highest BCUT2D eigenvalue weighted by molar-refractivity contribution is 4.90. The van der Waals surface area contributed by atoms with Crippen LogP contribution in [-0.4, -0.2) is 43.3 Å². The van der Waals surface area contributed by atoms with Crippen molar-refractivity contribution in [3.8, 4) is 6.07 Å². The van der Waals surface area contributed by atoms with Crippen LogP contribution in [-0.2, 0) is 0 Å². The molecule has 1 unspecified atom stereocenters. The number of nitriles is 1. The van der Waals surface area contributed by atoms with Crippen molar-refractivity contribution in [3.63, 3.8) is 0 Å². The molecule has 1 N–H and O–H groups in total. The van der Waals surface area contributed by atoms with Crippen LogP contribution in [0.4, 0.5) is 13.2 Å². The maximum absolute atomic E-state index is 12.3. The molecule has 0 aromatic carbocycles. The maximum atomic E-state index is 12.3. The molecule has 0 bridgehead atoms. The molecule has 0 aliphatic rings. The van der Waals surface area contributed by atoms with Gasteiger partial charge in [0.2, 0.25) is 0 Å². The number of rotatable bonds is 9. The number of halogens is 3. The average Bonchev–Trinajstić information content (AvgIpc) is 2.27. The average molecular weight is 265 g/mol. The third-order valence-electron chi connectivity index (χ3n) is 2.47. The van der Waals surface area contributed by atoms with E-state index in [4.69, 9.17) is 5.26 Å². The van der Waals surface area contributed by atoms with Crippen LogP contribution in [0.25, 0.3) is 0 Å². The van der Waals surface area contributed by atoms with Crippen LogP contribution in [0.2, 0.25) is 0 Å². The SMILES string of the molecule is CCCNC(C#N)CCN(CCC)CC(F)(F)F. The van der Waals surface area contributed by atoms with Gasteiger partial charge in [-0.1, -0.05) is 13.8 Å². The molecule has 0 fully saturated rings. The summed E-state index contributed by atoms with van der Waals surface area (Å²) in [5.41, 5.74) is 0. The second-order valence-electron chi connectivity index (χ2n) is 4.32. The number of alkyl halides is 3. The Kier molecular flexibility index (Phi) is 8.77. The summed E-state index contributed by atoms with van der Waals surface area (Å²) in [7, 11) is 0. The quantitative estimate of drug-likeness (QED) is 0.696. The summed E-state index contributed by atoms with van der Waals surface area (Å²) >= 11 is 0. The van der Waals surface area contributed by atoms with Gasteiger partial charge in [-0.2, -0.15) is 18.4 Å². The van der Waals surface area contributed by atoms with Crippen LogP contribution in [0.1, 0.15) is 33.1 Å². The van der Waals surface area contributed by atoms with E-state index in [1.807, 2.05) is 13.8 Å². The van der Waals surface area contributed by atoms with Crippen molar-refractivity contribution < 1.29 is 13.2 Å². The molecule has 0 rings (SSSR count). The topological polar surface area (TPSA) is 39.1 Å². The third kappa shape index (κ3) is 9.25. The van der Waals surface area contributed by atoms with Gasteiger partial charge in [-0.3, -0.25) is 4.90 Å². The molecule has 0 aromatic rings. The summed E-state index contributed by atoms with van der Waals surface area (Å²) in [6.45, 7) is 4.35. The van der Waals surface area contributed by atoms with Crippen molar-refractivity contribution >= 4 is 0 Å². The minimum atomic E-state index is -4.17. The van der Waals surface area contributed by atoms with Gasteiger partial charge < -0.3 is 5.32 Å². The van der Waals surface area contributed by atoms with Crippen LogP contribution in [0.3, 0.4) is 0 Å². The highest BCUT2D eigenvalue weighted by atomic mass is 19.4. The molecule has 0 aliphatic carbocycles. The van der Waals surface area contributed by atoms with E-state index in [9.17, 15) is 13.2 Å². The normalized spacial score (nSPS) is 13.6. The van der Waals surface area contributed by atoms with Gasteiger partial charge in [-0.05, 0) is 32.4 Å². The molecule has 0 aromatic heterocycles. The van der Waals surface area contributed by atoms with E-state index in [1.165, 1.54) is 4.90 Å². The molecular weight excluding hydrogens is 243 g/mol. The van der Waals surface area contributed by atoms with Crippen LogP contribution in [0, 0.1) is 11.3 Å². The Bertz CT molecular complexity index is 248. The molecule has 6 heteroatoms. The third-order valence-corrected chi connectivity index (χ3v) is 2.47. The summed E-state index contributed by atoms with van der Waals surface area (Å²) in [4.78, 5) is 1.36. The highest BCUT2D eigenvalue weighted by Gasteiger charge is 2.30. The van der Waals surface area contributed by atoms with Crippen LogP contribution >= 0.6 is 0 Å². The maximum Gasteiger partial charge on any atom is 0.401 e. The van der Waals surface area contributed by atoms with Gasteiger partial charge in [0, 0.05) is 6.54 Å². The minimum Gasteiger partial charge on any atom is -0.302 e. The van der Waals surface area contributed by atoms with Crippen molar-refractivity contribution in [2.24, 2.45) is 0 Å². The monoisotopic (exact) mass is 265 g/mol. The number of nitrogens with one attached hydrogen (secondary N) is 1. The molecule has 0 aliphatic heterocycles. The largest absolute Gasteiger partial charge is 0.401 e. The van der Waals surface area contributed by atoms with Crippen molar-refractivity contribution in [2.75, 3.05) is 26.2 Å². The molecule has 0 spiro atoms. The van der Waals surface area contributed by atoms with Crippen molar-refractivity contribution in [1.29, 1.82) is 5.26 Å². The second-order valence-corrected chi connectivity index (χ2v) is 4.32. The first-order valence-corrected chi connectivity index (χ1v) is 6.35. The van der Waals surface area contributed by atoms with Crippen molar-refractivity contribution in [1.82, 2.24) is 10.2 Å². The van der Waals surface area contributed by atoms with E-state index < -0.39 is 12.7 Å². The lowest BCUT2D eigenvalue weighted by molar-refractivity contribution is -0.146. The Morgan fingerprint density at radius 2 is 1.89 bits per heavy atom. The zero-order valence-electron chi connectivity index (χ0n) is 11.1. The predicted molar refractivity (Wildman–Crippen MR) is 65.1 cm³/mol. The van der Waals surface area contributed by atoms with E-state index in [2.05, 4.69) is 11.4 Å². The molecular formula is C12H22F3N3. The Balaban J connectivity index is 4.12. The number of nitrogens with zero attached hydrogens (tertiary/aromatic N) is 2. The number of hydrogen-bond acceptors (Lipinski definition) is 3. The zero-order chi connectivity index (χ0) is 14.0. The zero-order valence-corrected chi connectivity index (χ0v) is 11.1. The Labute approximate surface area is 107 Å². The molecule has 3 nitrogen and oxygen atoms in total. The summed E-state index contributed by atoms with van der Waals surface area (Å²) in [6.07, 6.45) is -2.17. The molecule has 106 valence electrons. The summed E-state index contributed by atoms with van der Waals surface area (Å²) < 4.78 is 36.9. The fraction of sp³-hybridized carbons (Fsp3) is 0.917. The van der Waals surface area contributed by atoms with Gasteiger partial charge >= 0.3 is 6.18 Å². The van der Waals surface area contributed by atoms with Gasteiger partial charge in [-0.15, -0.1) is 0 Å². The van der Waals surface area contributed by atoms with Gasteiger partial charge in [-0.25, -0.2) is 0 Å². The van der Waals surface area contributed by atoms with Gasteiger partial charge in [0.15, 0.2) is 0 Å². The fourth-order valence-electron chi connectivity index (χ4n) is 1.68. The lowest BCUT2D eigenvalue weighted by atomic mass is 10.2. The molecule has 0 saturated carbocycles. The molecule has 0 radical (unpaired) electrons. The highest BCUT2D eigenvalue weighted by Crippen LogP contribution is 2.16. The standard InChI is InChI=1S/C12H22F3N3/c1-3-6-17-11(9-16)5-8-18(7-4-2)10-12(13,14)15/h11,17H,3-8,10H2,1-2H3. The van der Waals surface area contributed by atoms with Crippen LogP contribution in [0.15, 0.2) is 0 Å². The lowest BCUT2D eigenvalue weighted by Crippen LogP contribution is -2.38. The van der Waals surface area contributed by atoms with Crippen molar-refractivity contribution in [2.45, 2.75) is 45.3 Å². The van der Waals surface area contributed by atoms with Gasteiger partial charge in [0.05, 0.1) is 18.7 Å². The fourth-order valence-corrected chi connectivity index (χ4v) is 1.68. The molecule has 0 saturated heterocycles. The first-order chi connectivity index (χ1) is 8.42. The summed E-state index contributed by atoms with van der Waals surface area (Å²) in [5, 5.41) is 11.9. The second kappa shape index (κ2) is 9.17. The molecule has 0 amide bonds. The molecule has 18 heavy (non-hydrogen) atoms. The van der Waals surface area contributed by atoms with E-state index in [0.29, 0.717) is 32.5 Å². The van der Waals surface area contributed by atoms with Gasteiger partial charge in [0.25, 0.3) is 0 Å². The summed E-state index contributed by atoms with van der Waals surface area (Å²) in [6, 6.07) is 1.71. The minimum absolute atomic E-state index is 0.294. The Morgan fingerprint density at radius 3 is 2.33 bits per heavy atom. The van der Waals surface area contributed by atoms with E-state index in [0.717, 1.165) is 6.42 Å². The first kappa shape index (κ1) is 17.2. The Morgan fingerprint density at radius 1 is 1.22 bits per heavy atom. The lowest BCUT2D eigenvalue weighted by Gasteiger charge is -2.24. The predicted octanol–water partition coefficient (Wildman–Crippen LogP) is 2.54. The van der Waals surface area contributed by atoms with E-state index in [-0.39, 0.29) is 6.04 Å². The smallest absolute Gasteiger partial charge is 0.302 e. The number of hydrogen-bond donors (Lipinski definition) is 1. The Hall–Kier alpha value is -0.800.